The molecule has 0 radical (unpaired) electrons. The van der Waals surface area contributed by atoms with E-state index in [1.54, 1.807) is 11.8 Å². The highest BCUT2D eigenvalue weighted by Crippen LogP contribution is 2.28. The van der Waals surface area contributed by atoms with Crippen LogP contribution in [0.4, 0.5) is 0 Å². The quantitative estimate of drug-likeness (QED) is 0.850. The maximum absolute atomic E-state index is 12.6. The Labute approximate surface area is 148 Å². The standard InChI is InChI=1S/C15H23N3O4S.ClH/c1-11-14(23(20,21)18-5-2-3-6-18)8-13(22-11)15(19)17-7-4-12(9-16)10-17;/h8,12H,2-7,9-10,16H2,1H3;1H. The van der Waals surface area contributed by atoms with E-state index in [1.807, 2.05) is 0 Å². The molecule has 136 valence electrons. The maximum Gasteiger partial charge on any atom is 0.289 e. The zero-order chi connectivity index (χ0) is 16.6. The Bertz CT molecular complexity index is 698. The van der Waals surface area contributed by atoms with Gasteiger partial charge in [0.25, 0.3) is 5.91 Å². The lowest BCUT2D eigenvalue weighted by atomic mass is 10.1. The molecular weight excluding hydrogens is 354 g/mol. The van der Waals surface area contributed by atoms with E-state index in [2.05, 4.69) is 0 Å². The van der Waals surface area contributed by atoms with E-state index < -0.39 is 10.0 Å². The van der Waals surface area contributed by atoms with Crippen LogP contribution in [0.2, 0.25) is 0 Å². The molecule has 7 nitrogen and oxygen atoms in total. The molecule has 24 heavy (non-hydrogen) atoms. The van der Waals surface area contributed by atoms with Gasteiger partial charge in [-0.25, -0.2) is 8.42 Å². The van der Waals surface area contributed by atoms with Gasteiger partial charge in [-0.1, -0.05) is 0 Å². The van der Waals surface area contributed by atoms with Crippen molar-refractivity contribution in [2.24, 2.45) is 11.7 Å². The number of aryl methyl sites for hydroxylation is 1. The molecule has 2 aliphatic heterocycles. The average molecular weight is 378 g/mol. The monoisotopic (exact) mass is 377 g/mol. The summed E-state index contributed by atoms with van der Waals surface area (Å²) in [5, 5.41) is 0. The predicted molar refractivity (Wildman–Crippen MR) is 91.8 cm³/mol. The second-order valence-electron chi connectivity index (χ2n) is 6.28. The topological polar surface area (TPSA) is 96.8 Å². The van der Waals surface area contributed by atoms with Gasteiger partial charge in [0.15, 0.2) is 5.76 Å². The van der Waals surface area contributed by atoms with Crippen LogP contribution in [0.3, 0.4) is 0 Å². The number of rotatable bonds is 4. The Morgan fingerprint density at radius 1 is 1.33 bits per heavy atom. The van der Waals surface area contributed by atoms with Crippen molar-refractivity contribution < 1.29 is 17.6 Å². The van der Waals surface area contributed by atoms with E-state index in [9.17, 15) is 13.2 Å². The van der Waals surface area contributed by atoms with E-state index in [0.717, 1.165) is 19.3 Å². The summed E-state index contributed by atoms with van der Waals surface area (Å²) < 4.78 is 32.2. The molecule has 0 saturated carbocycles. The van der Waals surface area contributed by atoms with Gasteiger partial charge in [0.2, 0.25) is 10.0 Å². The van der Waals surface area contributed by atoms with Crippen molar-refractivity contribution in [3.05, 3.63) is 17.6 Å². The van der Waals surface area contributed by atoms with E-state index >= 15 is 0 Å². The number of halogens is 1. The first-order valence-corrected chi connectivity index (χ1v) is 9.47. The molecule has 1 amide bonds. The third kappa shape index (κ3) is 3.46. The van der Waals surface area contributed by atoms with Crippen LogP contribution in [0, 0.1) is 12.8 Å². The van der Waals surface area contributed by atoms with Crippen LogP contribution in [-0.4, -0.2) is 56.3 Å². The lowest BCUT2D eigenvalue weighted by Crippen LogP contribution is -2.29. The lowest BCUT2D eigenvalue weighted by molar-refractivity contribution is 0.0754. The molecule has 2 fully saturated rings. The number of hydrogen-bond donors (Lipinski definition) is 1. The summed E-state index contributed by atoms with van der Waals surface area (Å²) in [6.07, 6.45) is 2.62. The Kier molecular flexibility index (Phi) is 5.95. The summed E-state index contributed by atoms with van der Waals surface area (Å²) in [7, 11) is -3.57. The van der Waals surface area contributed by atoms with Gasteiger partial charge in [-0.15, -0.1) is 12.4 Å². The molecule has 1 aromatic rings. The molecule has 1 atom stereocenters. The first-order valence-electron chi connectivity index (χ1n) is 8.03. The van der Waals surface area contributed by atoms with Gasteiger partial charge in [-0.2, -0.15) is 4.31 Å². The largest absolute Gasteiger partial charge is 0.455 e. The van der Waals surface area contributed by atoms with Gasteiger partial charge in [0.05, 0.1) is 0 Å². The molecule has 0 bridgehead atoms. The highest BCUT2D eigenvalue weighted by atomic mass is 35.5. The fourth-order valence-corrected chi connectivity index (χ4v) is 4.94. The number of sulfonamides is 1. The van der Waals surface area contributed by atoms with Gasteiger partial charge >= 0.3 is 0 Å². The van der Waals surface area contributed by atoms with Crippen LogP contribution in [-0.2, 0) is 10.0 Å². The van der Waals surface area contributed by atoms with Crippen molar-refractivity contribution in [3.8, 4) is 0 Å². The molecule has 3 rings (SSSR count). The van der Waals surface area contributed by atoms with Crippen LogP contribution in [0.15, 0.2) is 15.4 Å². The van der Waals surface area contributed by atoms with E-state index in [0.29, 0.717) is 38.6 Å². The van der Waals surface area contributed by atoms with E-state index in [1.165, 1.54) is 10.4 Å². The van der Waals surface area contributed by atoms with Crippen LogP contribution in [0.1, 0.15) is 35.6 Å². The smallest absolute Gasteiger partial charge is 0.289 e. The molecule has 9 heteroatoms. The first kappa shape index (κ1) is 19.2. The van der Waals surface area contributed by atoms with Crippen molar-refractivity contribution >= 4 is 28.3 Å². The molecule has 2 N–H and O–H groups in total. The molecule has 1 aromatic heterocycles. The minimum Gasteiger partial charge on any atom is -0.455 e. The van der Waals surface area contributed by atoms with Crippen LogP contribution < -0.4 is 5.73 Å². The van der Waals surface area contributed by atoms with Crippen molar-refractivity contribution in [2.45, 2.75) is 31.1 Å². The molecule has 0 aliphatic carbocycles. The molecule has 2 aliphatic rings. The summed E-state index contributed by atoms with van der Waals surface area (Å²) in [6.45, 7) is 4.43. The van der Waals surface area contributed by atoms with E-state index in [-0.39, 0.29) is 34.7 Å². The summed E-state index contributed by atoms with van der Waals surface area (Å²) in [5.41, 5.74) is 5.64. The SMILES string of the molecule is Cc1oc(C(=O)N2CCC(CN)C2)cc1S(=O)(=O)N1CCCC1.Cl. The lowest BCUT2D eigenvalue weighted by Gasteiger charge is -2.14. The van der Waals surface area contributed by atoms with E-state index in [4.69, 9.17) is 10.2 Å². The Morgan fingerprint density at radius 2 is 2.00 bits per heavy atom. The van der Waals surface area contributed by atoms with Crippen molar-refractivity contribution in [1.82, 2.24) is 9.21 Å². The van der Waals surface area contributed by atoms with Gasteiger partial charge in [0, 0.05) is 32.2 Å². The Morgan fingerprint density at radius 3 is 2.58 bits per heavy atom. The Balaban J connectivity index is 0.00000208. The molecule has 2 saturated heterocycles. The number of hydrogen-bond acceptors (Lipinski definition) is 5. The number of furan rings is 1. The van der Waals surface area contributed by atoms with Crippen LogP contribution >= 0.6 is 12.4 Å². The minimum absolute atomic E-state index is 0. The normalized spacial score (nSPS) is 21.9. The molecule has 1 unspecified atom stereocenters. The fourth-order valence-electron chi connectivity index (χ4n) is 3.26. The summed E-state index contributed by atoms with van der Waals surface area (Å²) in [5.74, 6) is 0.419. The fraction of sp³-hybridized carbons (Fsp3) is 0.667. The van der Waals surface area contributed by atoms with Gasteiger partial charge in [0.1, 0.15) is 10.7 Å². The maximum atomic E-state index is 12.6. The molecule has 3 heterocycles. The van der Waals surface area contributed by atoms with Crippen LogP contribution in [0.5, 0.6) is 0 Å². The Hall–Kier alpha value is -1.09. The summed E-state index contributed by atoms with van der Waals surface area (Å²) in [6, 6.07) is 1.38. The third-order valence-electron chi connectivity index (χ3n) is 4.67. The number of likely N-dealkylation sites (tertiary alicyclic amines) is 1. The third-order valence-corrected chi connectivity index (χ3v) is 6.68. The summed E-state index contributed by atoms with van der Waals surface area (Å²) >= 11 is 0. The second kappa shape index (κ2) is 7.43. The molecule has 0 aromatic carbocycles. The number of nitrogens with two attached hydrogens (primary N) is 1. The molecule has 0 spiro atoms. The predicted octanol–water partition coefficient (Wildman–Crippen LogP) is 1.22. The molecular formula is C15H24ClN3O4S. The zero-order valence-electron chi connectivity index (χ0n) is 13.7. The first-order chi connectivity index (χ1) is 10.9. The zero-order valence-corrected chi connectivity index (χ0v) is 15.4. The highest BCUT2D eigenvalue weighted by Gasteiger charge is 2.33. The highest BCUT2D eigenvalue weighted by molar-refractivity contribution is 7.89. The van der Waals surface area contributed by atoms with Gasteiger partial charge in [-0.3, -0.25) is 4.79 Å². The van der Waals surface area contributed by atoms with Crippen molar-refractivity contribution in [3.63, 3.8) is 0 Å². The number of carbonyl (C=O) groups is 1. The van der Waals surface area contributed by atoms with Gasteiger partial charge < -0.3 is 15.1 Å². The van der Waals surface area contributed by atoms with Crippen molar-refractivity contribution in [1.29, 1.82) is 0 Å². The van der Waals surface area contributed by atoms with Crippen molar-refractivity contribution in [2.75, 3.05) is 32.7 Å². The second-order valence-corrected chi connectivity index (χ2v) is 8.19. The number of nitrogens with zero attached hydrogens (tertiary/aromatic N) is 2. The average Bonchev–Trinajstić information content (AvgIpc) is 3.26. The number of amides is 1. The number of carbonyl (C=O) groups excluding carboxylic acids is 1. The minimum atomic E-state index is -3.57. The van der Waals surface area contributed by atoms with Crippen LogP contribution in [0.25, 0.3) is 0 Å². The summed E-state index contributed by atoms with van der Waals surface area (Å²) in [4.78, 5) is 14.3. The van der Waals surface area contributed by atoms with Gasteiger partial charge in [-0.05, 0) is 38.6 Å².